The van der Waals surface area contributed by atoms with E-state index >= 15 is 0 Å². The first kappa shape index (κ1) is 13.1. The van der Waals surface area contributed by atoms with E-state index in [1.165, 1.54) is 11.8 Å². The molecule has 0 amide bonds. The minimum absolute atomic E-state index is 0.00481. The van der Waals surface area contributed by atoms with E-state index in [1.807, 2.05) is 30.3 Å². The molecule has 1 aromatic carbocycles. The highest BCUT2D eigenvalue weighted by Crippen LogP contribution is 2.43. The summed E-state index contributed by atoms with van der Waals surface area (Å²) in [5.74, 6) is -0.392. The van der Waals surface area contributed by atoms with Gasteiger partial charge in [-0.05, 0) is 31.9 Å². The van der Waals surface area contributed by atoms with Gasteiger partial charge in [0.05, 0.1) is 6.61 Å². The van der Waals surface area contributed by atoms with Crippen molar-refractivity contribution in [3.63, 3.8) is 0 Å². The van der Waals surface area contributed by atoms with Crippen LogP contribution in [-0.4, -0.2) is 23.1 Å². The van der Waals surface area contributed by atoms with Crippen LogP contribution >= 0.6 is 11.8 Å². The van der Waals surface area contributed by atoms with Crippen LogP contribution in [0.5, 0.6) is 0 Å². The molecule has 0 heterocycles. The number of ether oxygens (including phenoxy) is 1. The van der Waals surface area contributed by atoms with Gasteiger partial charge in [-0.3, -0.25) is 9.59 Å². The van der Waals surface area contributed by atoms with Crippen molar-refractivity contribution in [3.05, 3.63) is 30.3 Å². The highest BCUT2D eigenvalue weighted by molar-refractivity contribution is 8.02. The van der Waals surface area contributed by atoms with Crippen molar-refractivity contribution in [2.75, 3.05) is 6.61 Å². The first-order chi connectivity index (χ1) is 8.69. The second kappa shape index (κ2) is 5.57. The molecule has 1 aromatic rings. The Kier molecular flexibility index (Phi) is 4.07. The van der Waals surface area contributed by atoms with Crippen LogP contribution in [0, 0.1) is 0 Å². The first-order valence-corrected chi connectivity index (χ1v) is 6.95. The molecule has 1 fully saturated rings. The average Bonchev–Trinajstić information content (AvgIpc) is 2.74. The number of hydrogen-bond donors (Lipinski definition) is 0. The number of carbonyl (C=O) groups excluding carboxylic acids is 2. The van der Waals surface area contributed by atoms with Crippen molar-refractivity contribution in [3.8, 4) is 0 Å². The van der Waals surface area contributed by atoms with Crippen molar-refractivity contribution in [1.29, 1.82) is 0 Å². The van der Waals surface area contributed by atoms with Crippen LogP contribution < -0.4 is 0 Å². The normalized spacial score (nSPS) is 23.1. The number of carbonyl (C=O) groups is 2. The van der Waals surface area contributed by atoms with E-state index in [0.717, 1.165) is 11.3 Å². The lowest BCUT2D eigenvalue weighted by Gasteiger charge is -2.24. The zero-order valence-corrected chi connectivity index (χ0v) is 11.2. The third kappa shape index (κ3) is 2.43. The first-order valence-electron chi connectivity index (χ1n) is 6.13. The van der Waals surface area contributed by atoms with Crippen LogP contribution in [0.4, 0.5) is 0 Å². The molecule has 0 bridgehead atoms. The molecule has 1 aliphatic carbocycles. The molecule has 1 aliphatic rings. The lowest BCUT2D eigenvalue weighted by Crippen LogP contribution is -2.40. The molecule has 4 heteroatoms. The molecule has 1 atom stereocenters. The summed E-state index contributed by atoms with van der Waals surface area (Å²) in [5.41, 5.74) is 0. The number of thioether (sulfide) groups is 1. The van der Waals surface area contributed by atoms with E-state index in [1.54, 1.807) is 6.92 Å². The number of ketones is 1. The number of esters is 1. The van der Waals surface area contributed by atoms with Crippen molar-refractivity contribution in [1.82, 2.24) is 0 Å². The fourth-order valence-corrected chi connectivity index (χ4v) is 3.44. The SMILES string of the molecule is CCOC(=O)C1(Sc2ccccc2)CCCC1=O. The van der Waals surface area contributed by atoms with Gasteiger partial charge in [0.2, 0.25) is 0 Å². The second-order valence-electron chi connectivity index (χ2n) is 4.24. The van der Waals surface area contributed by atoms with Gasteiger partial charge in [0.15, 0.2) is 10.5 Å². The molecule has 0 saturated heterocycles. The van der Waals surface area contributed by atoms with Gasteiger partial charge >= 0.3 is 5.97 Å². The minimum Gasteiger partial charge on any atom is -0.465 e. The summed E-state index contributed by atoms with van der Waals surface area (Å²) in [7, 11) is 0. The van der Waals surface area contributed by atoms with Gasteiger partial charge in [-0.25, -0.2) is 0 Å². The third-order valence-electron chi connectivity index (χ3n) is 3.02. The minimum atomic E-state index is -1.02. The summed E-state index contributed by atoms with van der Waals surface area (Å²) in [6.07, 6.45) is 1.81. The van der Waals surface area contributed by atoms with Gasteiger partial charge in [-0.15, -0.1) is 0 Å². The van der Waals surface area contributed by atoms with Gasteiger partial charge < -0.3 is 4.74 Å². The molecule has 0 N–H and O–H groups in total. The molecular formula is C14H16O3S. The molecule has 1 unspecified atom stereocenters. The maximum absolute atomic E-state index is 12.1. The molecule has 0 aliphatic heterocycles. The lowest BCUT2D eigenvalue weighted by atomic mass is 10.1. The molecule has 3 nitrogen and oxygen atoms in total. The van der Waals surface area contributed by atoms with Crippen molar-refractivity contribution < 1.29 is 14.3 Å². The molecule has 0 aromatic heterocycles. The summed E-state index contributed by atoms with van der Waals surface area (Å²) in [4.78, 5) is 25.1. The molecule has 18 heavy (non-hydrogen) atoms. The molecular weight excluding hydrogens is 248 g/mol. The van der Waals surface area contributed by atoms with Crippen LogP contribution in [0.25, 0.3) is 0 Å². The molecule has 0 spiro atoms. The summed E-state index contributed by atoms with van der Waals surface area (Å²) in [5, 5.41) is 0. The number of hydrogen-bond acceptors (Lipinski definition) is 4. The van der Waals surface area contributed by atoms with Gasteiger partial charge in [-0.2, -0.15) is 0 Å². The van der Waals surface area contributed by atoms with Crippen molar-refractivity contribution >= 4 is 23.5 Å². The standard InChI is InChI=1S/C14H16O3S/c1-2-17-13(16)14(10-6-9-12(14)15)18-11-7-4-3-5-8-11/h3-5,7-8H,2,6,9-10H2,1H3. The molecule has 1 saturated carbocycles. The smallest absolute Gasteiger partial charge is 0.330 e. The Morgan fingerprint density at radius 1 is 1.39 bits per heavy atom. The zero-order valence-electron chi connectivity index (χ0n) is 10.3. The average molecular weight is 264 g/mol. The topological polar surface area (TPSA) is 43.4 Å². The Morgan fingerprint density at radius 3 is 2.67 bits per heavy atom. The van der Waals surface area contributed by atoms with Crippen LogP contribution in [-0.2, 0) is 14.3 Å². The summed E-state index contributed by atoms with van der Waals surface area (Å²) < 4.78 is 4.07. The maximum atomic E-state index is 12.1. The summed E-state index contributed by atoms with van der Waals surface area (Å²) in [6, 6.07) is 9.55. The van der Waals surface area contributed by atoms with Crippen molar-refractivity contribution in [2.45, 2.75) is 35.8 Å². The Morgan fingerprint density at radius 2 is 2.11 bits per heavy atom. The second-order valence-corrected chi connectivity index (χ2v) is 5.61. The van der Waals surface area contributed by atoms with Crippen molar-refractivity contribution in [2.24, 2.45) is 0 Å². The lowest BCUT2D eigenvalue weighted by molar-refractivity contribution is -0.148. The third-order valence-corrected chi connectivity index (χ3v) is 4.48. The van der Waals surface area contributed by atoms with Crippen LogP contribution in [0.2, 0.25) is 0 Å². The predicted molar refractivity (Wildman–Crippen MR) is 70.5 cm³/mol. The van der Waals surface area contributed by atoms with Gasteiger partial charge in [0, 0.05) is 11.3 Å². The van der Waals surface area contributed by atoms with E-state index in [-0.39, 0.29) is 11.8 Å². The number of benzene rings is 1. The number of rotatable bonds is 4. The van der Waals surface area contributed by atoms with Crippen LogP contribution in [0.15, 0.2) is 35.2 Å². The Labute approximate surface area is 111 Å². The predicted octanol–water partition coefficient (Wildman–Crippen LogP) is 2.83. The van der Waals surface area contributed by atoms with Gasteiger partial charge in [0.1, 0.15) is 0 Å². The fourth-order valence-electron chi connectivity index (χ4n) is 2.14. The number of Topliss-reactive ketones (excluding diaryl/α,β-unsaturated/α-hetero) is 1. The van der Waals surface area contributed by atoms with E-state index in [2.05, 4.69) is 0 Å². The highest BCUT2D eigenvalue weighted by atomic mass is 32.2. The van der Waals surface area contributed by atoms with E-state index < -0.39 is 4.75 Å². The Balaban J connectivity index is 2.26. The van der Waals surface area contributed by atoms with Gasteiger partial charge in [0.25, 0.3) is 0 Å². The fraction of sp³-hybridized carbons (Fsp3) is 0.429. The van der Waals surface area contributed by atoms with Gasteiger partial charge in [-0.1, -0.05) is 30.0 Å². The summed E-state index contributed by atoms with van der Waals surface area (Å²) >= 11 is 1.33. The molecule has 2 rings (SSSR count). The Hall–Kier alpha value is -1.29. The quantitative estimate of drug-likeness (QED) is 0.619. The highest BCUT2D eigenvalue weighted by Gasteiger charge is 2.50. The van der Waals surface area contributed by atoms with Crippen LogP contribution in [0.1, 0.15) is 26.2 Å². The molecule has 96 valence electrons. The van der Waals surface area contributed by atoms with E-state index in [4.69, 9.17) is 4.74 Å². The Bertz CT molecular complexity index is 444. The van der Waals surface area contributed by atoms with E-state index in [9.17, 15) is 9.59 Å². The maximum Gasteiger partial charge on any atom is 0.330 e. The monoisotopic (exact) mass is 264 g/mol. The summed E-state index contributed by atoms with van der Waals surface area (Å²) in [6.45, 7) is 2.07. The van der Waals surface area contributed by atoms with Crippen LogP contribution in [0.3, 0.4) is 0 Å². The van der Waals surface area contributed by atoms with E-state index in [0.29, 0.717) is 19.4 Å². The molecule has 0 radical (unpaired) electrons. The zero-order chi connectivity index (χ0) is 13.0. The largest absolute Gasteiger partial charge is 0.465 e.